The number of aromatic amines is 2. The molecule has 4 aromatic rings. The summed E-state index contributed by atoms with van der Waals surface area (Å²) in [6.07, 6.45) is 0. The van der Waals surface area contributed by atoms with E-state index in [9.17, 15) is 25.9 Å². The van der Waals surface area contributed by atoms with Crippen LogP contribution in [-0.2, 0) is 20.8 Å². The summed E-state index contributed by atoms with van der Waals surface area (Å²) in [5.74, 6) is -1.02. The van der Waals surface area contributed by atoms with Gasteiger partial charge < -0.3 is 27.4 Å². The number of hydrogen-bond acceptors (Lipinski definition) is 8. The number of fused-ring (bicyclic) bond motifs is 2. The normalized spacial score (nSPS) is 11.8. The summed E-state index contributed by atoms with van der Waals surface area (Å²) in [6, 6.07) is 6.80. The molecule has 0 aliphatic carbocycles. The molecule has 0 spiro atoms. The van der Waals surface area contributed by atoms with Crippen LogP contribution >= 0.6 is 34.8 Å². The van der Waals surface area contributed by atoms with Gasteiger partial charge in [-0.1, -0.05) is 34.8 Å². The Kier molecular flexibility index (Phi) is 9.18. The second kappa shape index (κ2) is 10.4. The Bertz CT molecular complexity index is 1590. The van der Waals surface area contributed by atoms with Crippen LogP contribution in [0.2, 0.25) is 15.1 Å². The molecule has 0 fully saturated rings. The summed E-state index contributed by atoms with van der Waals surface area (Å²) >= 11 is 18.1. The van der Waals surface area contributed by atoms with Crippen LogP contribution in [0, 0.1) is 0 Å². The summed E-state index contributed by atoms with van der Waals surface area (Å²) in [5, 5.41) is 0.525. The second-order valence-electron chi connectivity index (χ2n) is 6.14. The molecule has 4 rings (SSSR count). The summed E-state index contributed by atoms with van der Waals surface area (Å²) in [6.45, 7) is 0. The summed E-state index contributed by atoms with van der Waals surface area (Å²) < 4.78 is 77.3. The molecule has 0 saturated heterocycles. The van der Waals surface area contributed by atoms with Crippen molar-refractivity contribution in [3.63, 3.8) is 0 Å². The molecule has 10 nitrogen and oxygen atoms in total. The third kappa shape index (κ3) is 6.33. The Morgan fingerprint density at radius 1 is 0.727 bits per heavy atom. The van der Waals surface area contributed by atoms with Crippen LogP contribution in [0.15, 0.2) is 30.3 Å². The van der Waals surface area contributed by atoms with Gasteiger partial charge in [0.15, 0.2) is 11.5 Å². The number of aromatic nitrogens is 2. The number of halogens is 3. The molecule has 0 aliphatic heterocycles. The van der Waals surface area contributed by atoms with Gasteiger partial charge in [0.05, 0.1) is 16.1 Å². The number of H-pyrrole nitrogens is 2. The standard InChI is InChI=1S/C16H9Cl3N2O8S2.2Na/c17-6-1-2-8-11(5-6)20-13(15(8)28-30(22,23)24)14-16(29-31(25,26)27)9-3-7(18)4-10(19)12(9)21-14;;/h1-5,20-21H,(H,22,23,24)(H,25,26,27);;/q;2*+1/p-2. The predicted octanol–water partition coefficient (Wildman–Crippen LogP) is -2.04. The van der Waals surface area contributed by atoms with Crippen molar-refractivity contribution in [1.29, 1.82) is 0 Å². The Hall–Kier alpha value is -0.190. The van der Waals surface area contributed by atoms with Gasteiger partial charge in [0.25, 0.3) is 20.8 Å². The van der Waals surface area contributed by atoms with E-state index in [0.717, 1.165) is 0 Å². The van der Waals surface area contributed by atoms with Gasteiger partial charge in [0.2, 0.25) is 0 Å². The van der Waals surface area contributed by atoms with Crippen LogP contribution in [-0.4, -0.2) is 35.9 Å². The maximum atomic E-state index is 11.4. The summed E-state index contributed by atoms with van der Waals surface area (Å²) in [5.41, 5.74) is -0.115. The quantitative estimate of drug-likeness (QED) is 0.157. The first-order chi connectivity index (χ1) is 14.3. The molecule has 17 heteroatoms. The van der Waals surface area contributed by atoms with E-state index in [0.29, 0.717) is 0 Å². The predicted molar refractivity (Wildman–Crippen MR) is 111 cm³/mol. The fraction of sp³-hybridized carbons (Fsp3) is 0. The number of benzene rings is 2. The Morgan fingerprint density at radius 3 is 1.85 bits per heavy atom. The maximum Gasteiger partial charge on any atom is 1.00 e. The van der Waals surface area contributed by atoms with Crippen LogP contribution in [0.4, 0.5) is 0 Å². The largest absolute Gasteiger partial charge is 1.00 e. The van der Waals surface area contributed by atoms with Gasteiger partial charge in [-0.05, 0) is 30.3 Å². The zero-order valence-corrected chi connectivity index (χ0v) is 24.5. The van der Waals surface area contributed by atoms with Crippen LogP contribution in [0.5, 0.6) is 11.5 Å². The third-order valence-corrected chi connectivity index (χ3v) is 5.60. The third-order valence-electron chi connectivity index (χ3n) is 4.11. The van der Waals surface area contributed by atoms with Gasteiger partial charge >= 0.3 is 59.1 Å². The van der Waals surface area contributed by atoms with Gasteiger partial charge in [0.1, 0.15) is 11.4 Å². The molecule has 2 N–H and O–H groups in total. The van der Waals surface area contributed by atoms with E-state index in [1.807, 2.05) is 0 Å². The average molecular weight is 572 g/mol. The Balaban J connectivity index is 0.00000193. The monoisotopic (exact) mass is 570 g/mol. The molecule has 2 aromatic heterocycles. The SMILES string of the molecule is O=S(=O)([O-])Oc1c(-c2[nH]c3c(Cl)cc(Cl)cc3c2OS(=O)(=O)[O-])[nH]c2cc(Cl)ccc12.[Na+].[Na+]. The zero-order valence-electron chi connectivity index (χ0n) is 16.6. The van der Waals surface area contributed by atoms with Gasteiger partial charge in [-0.2, -0.15) is 0 Å². The smallest absolute Gasteiger partial charge is 0.716 e. The van der Waals surface area contributed by atoms with Gasteiger partial charge in [0, 0.05) is 20.8 Å². The number of rotatable bonds is 5. The Labute approximate surface area is 246 Å². The van der Waals surface area contributed by atoms with Crippen molar-refractivity contribution in [3.8, 4) is 22.9 Å². The minimum Gasteiger partial charge on any atom is -0.716 e. The van der Waals surface area contributed by atoms with E-state index in [1.54, 1.807) is 0 Å². The first-order valence-electron chi connectivity index (χ1n) is 7.95. The molecular weight excluding hydrogens is 565 g/mol. The van der Waals surface area contributed by atoms with Crippen LogP contribution in [0.3, 0.4) is 0 Å². The molecule has 33 heavy (non-hydrogen) atoms. The van der Waals surface area contributed by atoms with E-state index in [1.165, 1.54) is 30.3 Å². The Morgan fingerprint density at radius 2 is 1.27 bits per heavy atom. The number of nitrogens with one attached hydrogen (secondary N) is 2. The van der Waals surface area contributed by atoms with Crippen molar-refractivity contribution < 1.29 is 93.4 Å². The molecule has 0 bridgehead atoms. The van der Waals surface area contributed by atoms with Crippen molar-refractivity contribution >= 4 is 77.4 Å². The molecule has 0 saturated carbocycles. The molecule has 2 aromatic carbocycles. The topological polar surface area (TPSA) is 164 Å². The van der Waals surface area contributed by atoms with E-state index in [2.05, 4.69) is 18.3 Å². The molecule has 0 unspecified atom stereocenters. The first-order valence-corrected chi connectivity index (χ1v) is 11.8. The van der Waals surface area contributed by atoms with Gasteiger partial charge in [-0.15, -0.1) is 0 Å². The zero-order chi connectivity index (χ0) is 22.7. The molecule has 2 heterocycles. The van der Waals surface area contributed by atoms with Crippen molar-refractivity contribution in [2.45, 2.75) is 0 Å². The molecule has 0 aliphatic rings. The van der Waals surface area contributed by atoms with Crippen LogP contribution in [0.25, 0.3) is 33.2 Å². The van der Waals surface area contributed by atoms with Crippen molar-refractivity contribution in [2.75, 3.05) is 0 Å². The van der Waals surface area contributed by atoms with E-state index in [4.69, 9.17) is 34.8 Å². The average Bonchev–Trinajstić information content (AvgIpc) is 3.11. The maximum absolute atomic E-state index is 11.4. The molecule has 164 valence electrons. The van der Waals surface area contributed by atoms with Crippen LogP contribution in [0.1, 0.15) is 0 Å². The van der Waals surface area contributed by atoms with Crippen LogP contribution < -0.4 is 67.5 Å². The van der Waals surface area contributed by atoms with Crippen molar-refractivity contribution in [3.05, 3.63) is 45.4 Å². The fourth-order valence-electron chi connectivity index (χ4n) is 3.07. The van der Waals surface area contributed by atoms with Crippen molar-refractivity contribution in [2.24, 2.45) is 0 Å². The number of hydrogen-bond donors (Lipinski definition) is 2. The summed E-state index contributed by atoms with van der Waals surface area (Å²) in [7, 11) is -10.5. The van der Waals surface area contributed by atoms with Gasteiger partial charge in [-0.25, -0.2) is 16.8 Å². The fourth-order valence-corrected chi connectivity index (χ4v) is 4.54. The minimum absolute atomic E-state index is 0. The molecule has 0 atom stereocenters. The molecule has 0 radical (unpaired) electrons. The van der Waals surface area contributed by atoms with E-state index < -0.39 is 32.3 Å². The molecular formula is C16H7Cl3N2Na2O8S2. The first kappa shape index (κ1) is 29.0. The molecule has 0 amide bonds. The van der Waals surface area contributed by atoms with Crippen molar-refractivity contribution in [1.82, 2.24) is 9.97 Å². The minimum atomic E-state index is -5.29. The van der Waals surface area contributed by atoms with E-state index >= 15 is 0 Å². The summed E-state index contributed by atoms with van der Waals surface area (Å²) in [4.78, 5) is 5.51. The van der Waals surface area contributed by atoms with Gasteiger partial charge in [-0.3, -0.25) is 0 Å². The van der Waals surface area contributed by atoms with E-state index in [-0.39, 0.29) is 107 Å². The second-order valence-corrected chi connectivity index (χ2v) is 9.39.